The van der Waals surface area contributed by atoms with E-state index in [1.807, 2.05) is 103 Å². The van der Waals surface area contributed by atoms with Crippen LogP contribution in [-0.4, -0.2) is 11.9 Å². The normalized spacial score (nSPS) is 11.2. The lowest BCUT2D eigenvalue weighted by atomic mass is 9.07. The van der Waals surface area contributed by atoms with E-state index in [0.29, 0.717) is 15.4 Å². The first-order valence-electron chi connectivity index (χ1n) is 16.8. The number of benzene rings is 6. The van der Waals surface area contributed by atoms with Gasteiger partial charge in [0.15, 0.2) is 19.7 Å². The summed E-state index contributed by atoms with van der Waals surface area (Å²) in [5, 5.41) is 19.0. The Kier molecular flexibility index (Phi) is 11.5. The van der Waals surface area contributed by atoms with Crippen LogP contribution >= 0.6 is 0 Å². The van der Waals surface area contributed by atoms with Crippen molar-refractivity contribution in [3.05, 3.63) is 193 Å². The van der Waals surface area contributed by atoms with Gasteiger partial charge in [-0.3, -0.25) is 0 Å². The van der Waals surface area contributed by atoms with Crippen LogP contribution in [0.3, 0.4) is 0 Å². The minimum atomic E-state index is -2.72. The molecule has 0 spiro atoms. The first kappa shape index (κ1) is 35.6. The van der Waals surface area contributed by atoms with Gasteiger partial charge in [-0.15, -0.1) is 5.31 Å². The fourth-order valence-corrected chi connectivity index (χ4v) is 9.70. The Hall–Kier alpha value is -5.75. The van der Waals surface area contributed by atoms with E-state index in [1.54, 1.807) is 0 Å². The quantitative estimate of drug-likeness (QED) is 0.0924. The van der Waals surface area contributed by atoms with Crippen molar-refractivity contribution in [2.24, 2.45) is 0 Å². The zero-order valence-corrected chi connectivity index (χ0v) is 29.6. The Morgan fingerprint density at radius 1 is 0.520 bits per heavy atom. The Morgan fingerprint density at radius 3 is 1.12 bits per heavy atom. The van der Waals surface area contributed by atoms with E-state index >= 15 is 0 Å². The van der Waals surface area contributed by atoms with E-state index in [9.17, 15) is 14.7 Å². The number of nitrogens with zero attached hydrogens (tertiary/aromatic N) is 2. The van der Waals surface area contributed by atoms with Crippen molar-refractivity contribution in [1.82, 2.24) is 0 Å². The topological polar surface area (TPSA) is 64.7 Å². The molecule has 0 amide bonds. The van der Waals surface area contributed by atoms with Gasteiger partial charge in [0.25, 0.3) is 0 Å². The largest absolute Gasteiger partial charge is 0.199 e. The molecule has 5 heteroatoms. The van der Waals surface area contributed by atoms with Gasteiger partial charge in [-0.25, -0.2) is 0 Å². The highest BCUT2D eigenvalue weighted by atomic mass is 32.2. The van der Waals surface area contributed by atoms with Crippen LogP contribution in [0.15, 0.2) is 197 Å². The number of hydrogen-bond donors (Lipinski definition) is 0. The zero-order valence-electron chi connectivity index (χ0n) is 28.8. The zero-order chi connectivity index (χ0) is 35.5. The molecular formula is C45H41BN2OS. The molecule has 6 aromatic rings. The van der Waals surface area contributed by atoms with Crippen LogP contribution < -0.4 is 16.4 Å². The Bertz CT molecular complexity index is 1980. The van der Waals surface area contributed by atoms with Crippen LogP contribution in [-0.2, 0) is 14.1 Å². The molecule has 0 unspecified atom stereocenters. The first-order valence-corrected chi connectivity index (χ1v) is 18.5. The van der Waals surface area contributed by atoms with E-state index in [2.05, 4.69) is 112 Å². The molecule has 0 saturated carbocycles. The highest BCUT2D eigenvalue weighted by Gasteiger charge is 2.40. The Labute approximate surface area is 298 Å². The number of hydrogen-bond acceptors (Lipinski definition) is 3. The molecule has 0 aliphatic rings. The average molecular weight is 669 g/mol. The number of rotatable bonds is 8. The van der Waals surface area contributed by atoms with Gasteiger partial charge >= 0.3 is 0 Å². The van der Waals surface area contributed by atoms with E-state index in [1.165, 1.54) is 16.4 Å². The Balaban J connectivity index is 0.000000197. The summed E-state index contributed by atoms with van der Waals surface area (Å²) in [6.07, 6.45) is -1.06. The maximum Gasteiger partial charge on any atom is 0.163 e. The summed E-state index contributed by atoms with van der Waals surface area (Å²) < 4.78 is 14.3. The summed E-state index contributed by atoms with van der Waals surface area (Å²) in [5.41, 5.74) is 5.42. The maximum atomic E-state index is 14.3. The third-order valence-corrected chi connectivity index (χ3v) is 12.2. The third kappa shape index (κ3) is 7.45. The fourth-order valence-electron chi connectivity index (χ4n) is 7.19. The second kappa shape index (κ2) is 16.1. The molecule has 0 aliphatic heterocycles. The molecule has 3 nitrogen and oxygen atoms in total. The van der Waals surface area contributed by atoms with E-state index in [-0.39, 0.29) is 16.6 Å². The first-order chi connectivity index (χ1) is 24.3. The average Bonchev–Trinajstić information content (AvgIpc) is 3.17. The minimum absolute atomic E-state index is 0.0132. The smallest absolute Gasteiger partial charge is 0.163 e. The summed E-state index contributed by atoms with van der Waals surface area (Å²) in [5.74, 6) is 0.0848. The minimum Gasteiger partial charge on any atom is -0.199 e. The van der Waals surface area contributed by atoms with Gasteiger partial charge in [-0.2, -0.15) is 26.9 Å². The summed E-state index contributed by atoms with van der Waals surface area (Å²) in [6, 6.07) is 64.5. The molecule has 0 fully saturated rings. The molecule has 0 N–H and O–H groups in total. The molecule has 0 heterocycles. The van der Waals surface area contributed by atoms with Gasteiger partial charge in [0.2, 0.25) is 0 Å². The lowest BCUT2D eigenvalue weighted by Crippen LogP contribution is -2.72. The summed E-state index contributed by atoms with van der Waals surface area (Å²) in [6.45, 7) is 7.08. The maximum absolute atomic E-state index is 14.3. The summed E-state index contributed by atoms with van der Waals surface area (Å²) in [4.78, 5) is 1.36. The molecule has 0 atom stereocenters. The summed E-state index contributed by atoms with van der Waals surface area (Å²) in [7, 11) is -2.72. The number of nitriles is 2. The predicted octanol–water partition coefficient (Wildman–Crippen LogP) is 9.06. The molecule has 246 valence electrons. The van der Waals surface area contributed by atoms with E-state index in [0.717, 1.165) is 5.56 Å². The van der Waals surface area contributed by atoms with Gasteiger partial charge in [0.05, 0.1) is 6.15 Å². The number of allylic oxidation sites excluding steroid dienone is 1. The monoisotopic (exact) mass is 668 g/mol. The van der Waals surface area contributed by atoms with E-state index in [4.69, 9.17) is 0 Å². The van der Waals surface area contributed by atoms with Crippen LogP contribution in [0.25, 0.3) is 5.57 Å². The molecule has 0 bridgehead atoms. The lowest BCUT2D eigenvalue weighted by molar-refractivity contribution is 0.586. The van der Waals surface area contributed by atoms with E-state index < -0.39 is 16.1 Å². The van der Waals surface area contributed by atoms with Crippen LogP contribution in [0.2, 0.25) is 5.31 Å². The predicted molar refractivity (Wildman–Crippen MR) is 211 cm³/mol. The van der Waals surface area contributed by atoms with Gasteiger partial charge in [-0.1, -0.05) is 183 Å². The van der Waals surface area contributed by atoms with Crippen molar-refractivity contribution in [1.29, 1.82) is 10.5 Å². The van der Waals surface area contributed by atoms with Crippen LogP contribution in [0, 0.1) is 22.7 Å². The second-order valence-corrected chi connectivity index (χ2v) is 15.9. The highest BCUT2D eigenvalue weighted by molar-refractivity contribution is 8.03. The van der Waals surface area contributed by atoms with Crippen molar-refractivity contribution in [2.75, 3.05) is 5.75 Å². The lowest BCUT2D eigenvalue weighted by Gasteiger charge is -2.54. The highest BCUT2D eigenvalue weighted by Crippen LogP contribution is 2.36. The third-order valence-electron chi connectivity index (χ3n) is 9.44. The molecule has 0 saturated heterocycles. The molecule has 0 aliphatic carbocycles. The second-order valence-electron chi connectivity index (χ2n) is 13.4. The fraction of sp³-hybridized carbons (Fsp3) is 0.111. The van der Waals surface area contributed by atoms with Gasteiger partial charge < -0.3 is 0 Å². The van der Waals surface area contributed by atoms with Gasteiger partial charge in [0.1, 0.15) is 23.5 Å². The van der Waals surface area contributed by atoms with Crippen LogP contribution in [0.4, 0.5) is 0 Å². The van der Waals surface area contributed by atoms with Crippen molar-refractivity contribution in [2.45, 2.75) is 35.9 Å². The standard InChI is InChI=1S/C23H17N2OS.C22H24B/c24-16-20(17-25)23(19-10-4-1-5-11-19)18-27(26,21-12-6-2-7-13-21)22-14-8-3-9-15-22;1-22(2,3)23(19-13-7-4-8-14-19,20-15-9-5-10-16-20)21-17-11-6-12-18-21/h1-15H,18H2;4-18H,1-3H3/q+1;-1. The Morgan fingerprint density at radius 2 is 0.820 bits per heavy atom. The molecule has 0 radical (unpaired) electrons. The van der Waals surface area contributed by atoms with Gasteiger partial charge in [0, 0.05) is 5.57 Å². The van der Waals surface area contributed by atoms with Crippen molar-refractivity contribution in [3.8, 4) is 12.1 Å². The van der Waals surface area contributed by atoms with Crippen molar-refractivity contribution >= 4 is 38.0 Å². The van der Waals surface area contributed by atoms with Crippen LogP contribution in [0.1, 0.15) is 26.3 Å². The van der Waals surface area contributed by atoms with Crippen molar-refractivity contribution < 1.29 is 4.21 Å². The van der Waals surface area contributed by atoms with Gasteiger partial charge in [-0.05, 0) is 29.8 Å². The van der Waals surface area contributed by atoms with Crippen molar-refractivity contribution in [3.63, 3.8) is 0 Å². The SMILES string of the molecule is CC(C)(C)[B-](c1ccccc1)(c1ccccc1)c1ccccc1.N#CC(C#N)=C(C[S+](=O)(c1ccccc1)c1ccccc1)c1ccccc1. The molecular weight excluding hydrogens is 627 g/mol. The molecule has 6 aromatic carbocycles. The molecule has 50 heavy (non-hydrogen) atoms. The molecule has 0 aromatic heterocycles. The molecule has 6 rings (SSSR count). The van der Waals surface area contributed by atoms with Crippen LogP contribution in [0.5, 0.6) is 0 Å². The summed E-state index contributed by atoms with van der Waals surface area (Å²) >= 11 is 0.